The van der Waals surface area contributed by atoms with E-state index in [9.17, 15) is 9.18 Å². The van der Waals surface area contributed by atoms with Gasteiger partial charge >= 0.3 is 5.97 Å². The van der Waals surface area contributed by atoms with Crippen molar-refractivity contribution in [2.45, 2.75) is 56.7 Å². The first-order chi connectivity index (χ1) is 13.6. The number of hydrogen-bond acceptors (Lipinski definition) is 2. The van der Waals surface area contributed by atoms with Crippen molar-refractivity contribution in [3.8, 4) is 0 Å². The van der Waals surface area contributed by atoms with Gasteiger partial charge in [0.15, 0.2) is 0 Å². The maximum absolute atomic E-state index is 14.2. The van der Waals surface area contributed by atoms with Gasteiger partial charge in [0.05, 0.1) is 12.7 Å². The van der Waals surface area contributed by atoms with Crippen LogP contribution < -0.4 is 0 Å². The molecule has 2 aromatic rings. The van der Waals surface area contributed by atoms with Gasteiger partial charge in [0.1, 0.15) is 5.82 Å². The molecule has 29 heavy (non-hydrogen) atoms. The fourth-order valence-electron chi connectivity index (χ4n) is 4.04. The van der Waals surface area contributed by atoms with E-state index >= 15 is 0 Å². The lowest BCUT2D eigenvalue weighted by Gasteiger charge is -2.42. The van der Waals surface area contributed by atoms with Gasteiger partial charge < -0.3 is 4.74 Å². The number of fused-ring (bicyclic) bond motifs is 1. The van der Waals surface area contributed by atoms with E-state index < -0.39 is 11.8 Å². The van der Waals surface area contributed by atoms with Crippen LogP contribution in [0.2, 0.25) is 0 Å². The van der Waals surface area contributed by atoms with Crippen molar-refractivity contribution in [1.29, 1.82) is 0 Å². The number of rotatable bonds is 4. The zero-order valence-electron chi connectivity index (χ0n) is 17.7. The molecule has 1 aliphatic rings. The molecule has 0 heterocycles. The molecule has 4 heteroatoms. The Hall–Kier alpha value is -1.94. The number of benzene rings is 2. The quantitative estimate of drug-likeness (QED) is 0.279. The zero-order chi connectivity index (χ0) is 21.4. The van der Waals surface area contributed by atoms with Crippen LogP contribution in [0, 0.1) is 5.82 Å². The van der Waals surface area contributed by atoms with Crippen LogP contribution in [0.3, 0.4) is 0 Å². The molecule has 0 fully saturated rings. The molecular weight excluding hydrogens is 431 g/mol. The average Bonchev–Trinajstić information content (AvgIpc) is 2.69. The lowest BCUT2D eigenvalue weighted by Crippen LogP contribution is -2.34. The second-order valence-corrected chi connectivity index (χ2v) is 9.62. The third-order valence-corrected chi connectivity index (χ3v) is 6.71. The largest absolute Gasteiger partial charge is 0.465 e. The van der Waals surface area contributed by atoms with Gasteiger partial charge in [0, 0.05) is 5.33 Å². The Morgan fingerprint density at radius 1 is 1.07 bits per heavy atom. The Morgan fingerprint density at radius 2 is 1.69 bits per heavy atom. The second kappa shape index (κ2) is 8.06. The van der Waals surface area contributed by atoms with Crippen LogP contribution in [-0.2, 0) is 20.9 Å². The fraction of sp³-hybridized carbons (Fsp3) is 0.400. The molecular formula is C25H28BrFO2. The fourth-order valence-corrected chi connectivity index (χ4v) is 4.53. The van der Waals surface area contributed by atoms with Gasteiger partial charge in [0.2, 0.25) is 0 Å². The topological polar surface area (TPSA) is 26.3 Å². The minimum Gasteiger partial charge on any atom is -0.465 e. The van der Waals surface area contributed by atoms with Crippen molar-refractivity contribution in [1.82, 2.24) is 0 Å². The van der Waals surface area contributed by atoms with Gasteiger partial charge in [-0.15, -0.1) is 0 Å². The number of alkyl halides is 1. The molecule has 0 amide bonds. The molecule has 0 N–H and O–H groups in total. The Labute approximate surface area is 181 Å². The SMILES string of the molecule is COC(=O)c1ccc(/C=C/c2cc3c(cc2CBr)C(C)(C)CCC3(C)C)cc1F. The molecule has 0 unspecified atom stereocenters. The normalized spacial score (nSPS) is 17.2. The minimum atomic E-state index is -0.667. The molecule has 0 radical (unpaired) electrons. The first-order valence-corrected chi connectivity index (χ1v) is 11.0. The standard InChI is InChI=1S/C25H28BrFO2/c1-24(2)10-11-25(3,4)21-14-18(15-26)17(13-20(21)24)8-6-16-7-9-19(22(27)12-16)23(28)29-5/h6-9,12-14H,10-11,15H2,1-5H3/b8-6+. The highest BCUT2D eigenvalue weighted by atomic mass is 79.9. The summed E-state index contributed by atoms with van der Waals surface area (Å²) in [5.74, 6) is -1.24. The Balaban J connectivity index is 2.01. The van der Waals surface area contributed by atoms with Gasteiger partial charge in [-0.05, 0) is 63.6 Å². The van der Waals surface area contributed by atoms with Crippen LogP contribution in [0.5, 0.6) is 0 Å². The van der Waals surface area contributed by atoms with Crippen molar-refractivity contribution in [2.24, 2.45) is 0 Å². The van der Waals surface area contributed by atoms with Crippen LogP contribution >= 0.6 is 15.9 Å². The van der Waals surface area contributed by atoms with Crippen molar-refractivity contribution in [3.05, 3.63) is 69.5 Å². The van der Waals surface area contributed by atoms with E-state index in [0.29, 0.717) is 5.56 Å². The molecule has 0 aromatic heterocycles. The van der Waals surface area contributed by atoms with Crippen LogP contribution in [0.1, 0.15) is 78.7 Å². The van der Waals surface area contributed by atoms with Crippen molar-refractivity contribution < 1.29 is 13.9 Å². The summed E-state index contributed by atoms with van der Waals surface area (Å²) in [6.07, 6.45) is 6.25. The van der Waals surface area contributed by atoms with Crippen LogP contribution in [0.25, 0.3) is 12.2 Å². The molecule has 0 aliphatic heterocycles. The van der Waals surface area contributed by atoms with Crippen LogP contribution in [0.15, 0.2) is 30.3 Å². The highest BCUT2D eigenvalue weighted by Crippen LogP contribution is 2.46. The molecule has 0 saturated carbocycles. The predicted octanol–water partition coefficient (Wildman–Crippen LogP) is 7.03. The predicted molar refractivity (Wildman–Crippen MR) is 121 cm³/mol. The highest BCUT2D eigenvalue weighted by molar-refractivity contribution is 9.08. The minimum absolute atomic E-state index is 0.0523. The van der Waals surface area contributed by atoms with Gasteiger partial charge in [0.25, 0.3) is 0 Å². The van der Waals surface area contributed by atoms with Gasteiger partial charge in [-0.3, -0.25) is 0 Å². The molecule has 0 saturated heterocycles. The third-order valence-electron chi connectivity index (χ3n) is 6.11. The first-order valence-electron chi connectivity index (χ1n) is 9.89. The van der Waals surface area contributed by atoms with Gasteiger partial charge in [-0.25, -0.2) is 9.18 Å². The smallest absolute Gasteiger partial charge is 0.340 e. The van der Waals surface area contributed by atoms with E-state index in [0.717, 1.165) is 17.3 Å². The van der Waals surface area contributed by atoms with Crippen molar-refractivity contribution in [3.63, 3.8) is 0 Å². The van der Waals surface area contributed by atoms with E-state index in [1.165, 1.54) is 42.4 Å². The summed E-state index contributed by atoms with van der Waals surface area (Å²) in [7, 11) is 1.25. The summed E-state index contributed by atoms with van der Waals surface area (Å²) in [6, 6.07) is 9.17. The Morgan fingerprint density at radius 3 is 2.24 bits per heavy atom. The maximum atomic E-state index is 14.2. The summed E-state index contributed by atoms with van der Waals surface area (Å²) in [6.45, 7) is 9.26. The number of hydrogen-bond donors (Lipinski definition) is 0. The first kappa shape index (κ1) is 21.8. The summed E-state index contributed by atoms with van der Waals surface area (Å²) in [5.41, 5.74) is 6.11. The van der Waals surface area contributed by atoms with Crippen LogP contribution in [0.4, 0.5) is 4.39 Å². The molecule has 2 aromatic carbocycles. The summed E-state index contributed by atoms with van der Waals surface area (Å²) in [4.78, 5) is 11.6. The highest BCUT2D eigenvalue weighted by Gasteiger charge is 2.37. The van der Waals surface area contributed by atoms with E-state index in [2.05, 4.69) is 60.5 Å². The number of ether oxygens (including phenoxy) is 1. The maximum Gasteiger partial charge on any atom is 0.340 e. The zero-order valence-corrected chi connectivity index (χ0v) is 19.3. The summed E-state index contributed by atoms with van der Waals surface area (Å²) >= 11 is 3.63. The van der Waals surface area contributed by atoms with E-state index in [4.69, 9.17) is 0 Å². The second-order valence-electron chi connectivity index (χ2n) is 9.06. The number of carbonyl (C=O) groups excluding carboxylic acids is 1. The van der Waals surface area contributed by atoms with Gasteiger partial charge in [-0.1, -0.05) is 74.0 Å². The average molecular weight is 459 g/mol. The number of esters is 1. The molecule has 3 rings (SSSR count). The van der Waals surface area contributed by atoms with Gasteiger partial charge in [-0.2, -0.15) is 0 Å². The Kier molecular flexibility index (Phi) is 6.05. The number of carbonyl (C=O) groups is 1. The number of methoxy groups -OCH3 is 1. The molecule has 0 bridgehead atoms. The lowest BCUT2D eigenvalue weighted by molar-refractivity contribution is 0.0595. The lowest BCUT2D eigenvalue weighted by atomic mass is 9.62. The van der Waals surface area contributed by atoms with Crippen LogP contribution in [-0.4, -0.2) is 13.1 Å². The molecule has 2 nitrogen and oxygen atoms in total. The van der Waals surface area contributed by atoms with E-state index in [1.54, 1.807) is 6.07 Å². The molecule has 154 valence electrons. The summed E-state index contributed by atoms with van der Waals surface area (Å²) in [5, 5.41) is 0.756. The number of halogens is 2. The van der Waals surface area contributed by atoms with E-state index in [1.807, 2.05) is 12.2 Å². The van der Waals surface area contributed by atoms with Crippen molar-refractivity contribution >= 4 is 34.1 Å². The van der Waals surface area contributed by atoms with Crippen molar-refractivity contribution in [2.75, 3.05) is 7.11 Å². The molecule has 0 atom stereocenters. The third kappa shape index (κ3) is 4.32. The van der Waals surface area contributed by atoms with E-state index in [-0.39, 0.29) is 16.4 Å². The molecule has 1 aliphatic carbocycles. The molecule has 0 spiro atoms. The monoisotopic (exact) mass is 458 g/mol. The Bertz CT molecular complexity index is 973. The summed E-state index contributed by atoms with van der Waals surface area (Å²) < 4.78 is 18.8.